The average Bonchev–Trinajstić information content (AvgIpc) is 3.34. The van der Waals surface area contributed by atoms with E-state index in [1.165, 1.54) is 173 Å². The monoisotopic (exact) mass is 1030 g/mol. The third-order valence-corrected chi connectivity index (χ3v) is 14.4. The fourth-order valence-electron chi connectivity index (χ4n) is 8.72. The van der Waals surface area contributed by atoms with E-state index >= 15 is 0 Å². The number of phosphoric ester groups is 1. The largest absolute Gasteiger partial charge is 0.756 e. The van der Waals surface area contributed by atoms with Crippen LogP contribution in [0.2, 0.25) is 0 Å². The molecule has 0 aromatic heterocycles. The summed E-state index contributed by atoms with van der Waals surface area (Å²) < 4.78 is 30.3. The van der Waals surface area contributed by atoms with E-state index in [0.717, 1.165) is 70.6 Å². The number of carbonyl (C=O) groups excluding carboxylic acids is 2. The van der Waals surface area contributed by atoms with Gasteiger partial charge in [0.15, 0.2) is 0 Å². The number of rotatable bonds is 55. The number of hydrogen-bond acceptors (Lipinski definition) is 7. The van der Waals surface area contributed by atoms with Gasteiger partial charge in [-0.1, -0.05) is 230 Å². The van der Waals surface area contributed by atoms with Crippen LogP contribution in [0.5, 0.6) is 0 Å². The summed E-state index contributed by atoms with van der Waals surface area (Å²) in [5.74, 6) is -0.556. The fourth-order valence-corrected chi connectivity index (χ4v) is 9.45. The molecule has 0 saturated heterocycles. The van der Waals surface area contributed by atoms with Crippen molar-refractivity contribution in [2.24, 2.45) is 0 Å². The SMILES string of the molecule is CCCCC/C=C\C/C=C\CCCCCCCCCCCCCC(=O)OC(/C=C\CCCCCCCCCCCC)C(COP(=O)([O-])OCC[N+](C)(C)C)NC(=O)CCCCC/C=C\CCCCCCCC. The number of amides is 1. The van der Waals surface area contributed by atoms with Gasteiger partial charge in [-0.2, -0.15) is 0 Å². The molecule has 0 aromatic carbocycles. The summed E-state index contributed by atoms with van der Waals surface area (Å²) >= 11 is 0. The van der Waals surface area contributed by atoms with Crippen LogP contribution in [0.15, 0.2) is 48.6 Å². The smallest absolute Gasteiger partial charge is 0.306 e. The van der Waals surface area contributed by atoms with Gasteiger partial charge in [-0.3, -0.25) is 14.2 Å². The van der Waals surface area contributed by atoms with Crippen molar-refractivity contribution in [3.05, 3.63) is 48.6 Å². The summed E-state index contributed by atoms with van der Waals surface area (Å²) in [5.41, 5.74) is 0. The Hall–Kier alpha value is -2.03. The topological polar surface area (TPSA) is 114 Å². The Morgan fingerprint density at radius 2 is 0.847 bits per heavy atom. The fraction of sp³-hybridized carbons (Fsp3) is 0.839. The molecular weight excluding hydrogens is 916 g/mol. The predicted octanol–water partition coefficient (Wildman–Crippen LogP) is 17.9. The van der Waals surface area contributed by atoms with E-state index in [0.29, 0.717) is 23.9 Å². The van der Waals surface area contributed by atoms with Crippen molar-refractivity contribution < 1.29 is 37.3 Å². The molecule has 9 nitrogen and oxygen atoms in total. The van der Waals surface area contributed by atoms with E-state index in [1.54, 1.807) is 0 Å². The Kier molecular flexibility index (Phi) is 50.9. The van der Waals surface area contributed by atoms with Crippen molar-refractivity contribution in [1.29, 1.82) is 0 Å². The molecule has 0 aliphatic carbocycles. The molecule has 3 atom stereocenters. The Labute approximate surface area is 446 Å². The summed E-state index contributed by atoms with van der Waals surface area (Å²) in [6.45, 7) is 6.81. The number of unbranched alkanes of at least 4 members (excludes halogenated alkanes) is 33. The van der Waals surface area contributed by atoms with Gasteiger partial charge in [0, 0.05) is 12.8 Å². The van der Waals surface area contributed by atoms with E-state index in [9.17, 15) is 19.0 Å². The minimum Gasteiger partial charge on any atom is -0.756 e. The molecule has 0 aliphatic heterocycles. The Morgan fingerprint density at radius 1 is 0.486 bits per heavy atom. The van der Waals surface area contributed by atoms with Crippen LogP contribution < -0.4 is 10.2 Å². The maximum absolute atomic E-state index is 13.5. The number of ether oxygens (including phenoxy) is 1. The van der Waals surface area contributed by atoms with Crippen molar-refractivity contribution in [2.75, 3.05) is 40.9 Å². The number of esters is 1. The van der Waals surface area contributed by atoms with E-state index in [4.69, 9.17) is 13.8 Å². The summed E-state index contributed by atoms with van der Waals surface area (Å²) in [4.78, 5) is 39.9. The molecule has 0 heterocycles. The van der Waals surface area contributed by atoms with Gasteiger partial charge < -0.3 is 28.5 Å². The number of carbonyl (C=O) groups is 2. The molecule has 0 aliphatic rings. The van der Waals surface area contributed by atoms with Crippen LogP contribution in [-0.2, 0) is 27.9 Å². The molecule has 0 saturated carbocycles. The van der Waals surface area contributed by atoms with Crippen LogP contribution in [-0.4, -0.2) is 69.4 Å². The van der Waals surface area contributed by atoms with Crippen LogP contribution in [0.3, 0.4) is 0 Å². The van der Waals surface area contributed by atoms with Crippen molar-refractivity contribution in [3.63, 3.8) is 0 Å². The lowest BCUT2D eigenvalue weighted by molar-refractivity contribution is -0.870. The Bertz CT molecular complexity index is 1380. The number of phosphoric acid groups is 1. The molecule has 0 bridgehead atoms. The second-order valence-corrected chi connectivity index (χ2v) is 23.3. The minimum atomic E-state index is -4.70. The normalized spacial score (nSPS) is 14.0. The molecule has 3 unspecified atom stereocenters. The zero-order valence-electron chi connectivity index (χ0n) is 48.1. The first kappa shape index (κ1) is 70.0. The van der Waals surface area contributed by atoms with Crippen molar-refractivity contribution >= 4 is 19.7 Å². The van der Waals surface area contributed by atoms with Crippen molar-refractivity contribution in [3.8, 4) is 0 Å². The minimum absolute atomic E-state index is 0.0248. The zero-order chi connectivity index (χ0) is 52.9. The van der Waals surface area contributed by atoms with Crippen molar-refractivity contribution in [2.45, 2.75) is 296 Å². The lowest BCUT2D eigenvalue weighted by Gasteiger charge is -2.30. The molecule has 0 rings (SSSR count). The molecule has 0 spiro atoms. The van der Waals surface area contributed by atoms with E-state index < -0.39 is 26.6 Å². The number of nitrogens with zero attached hydrogens (tertiary/aromatic N) is 1. The summed E-state index contributed by atoms with van der Waals surface area (Å²) in [5, 5.41) is 3.01. The lowest BCUT2D eigenvalue weighted by atomic mass is 10.0. The second-order valence-electron chi connectivity index (χ2n) is 21.8. The molecule has 1 amide bonds. The Balaban J connectivity index is 5.23. The van der Waals surface area contributed by atoms with Gasteiger partial charge in [-0.25, -0.2) is 0 Å². The molecule has 72 heavy (non-hydrogen) atoms. The summed E-state index contributed by atoms with van der Waals surface area (Å²) in [7, 11) is 1.18. The van der Waals surface area contributed by atoms with Crippen molar-refractivity contribution in [1.82, 2.24) is 5.32 Å². The first-order chi connectivity index (χ1) is 34.9. The molecule has 1 N–H and O–H groups in total. The van der Waals surface area contributed by atoms with E-state index in [2.05, 4.69) is 62.5 Å². The number of nitrogens with one attached hydrogen (secondary N) is 1. The number of allylic oxidation sites excluding steroid dienone is 7. The first-order valence-electron chi connectivity index (χ1n) is 30.4. The lowest BCUT2D eigenvalue weighted by Crippen LogP contribution is -2.47. The van der Waals surface area contributed by atoms with Gasteiger partial charge in [0.05, 0.1) is 33.8 Å². The van der Waals surface area contributed by atoms with E-state index in [-0.39, 0.29) is 24.9 Å². The van der Waals surface area contributed by atoms with Crippen LogP contribution in [0.25, 0.3) is 0 Å². The number of hydrogen-bond donors (Lipinski definition) is 1. The second kappa shape index (κ2) is 52.4. The third-order valence-electron chi connectivity index (χ3n) is 13.5. The molecule has 422 valence electrons. The van der Waals surface area contributed by atoms with Gasteiger partial charge in [-0.05, 0) is 89.5 Å². The zero-order valence-corrected chi connectivity index (χ0v) is 49.0. The highest BCUT2D eigenvalue weighted by Crippen LogP contribution is 2.38. The van der Waals surface area contributed by atoms with Gasteiger partial charge in [0.25, 0.3) is 7.82 Å². The summed E-state index contributed by atoms with van der Waals surface area (Å²) in [6, 6.07) is -0.895. The quantitative estimate of drug-likeness (QED) is 0.0212. The molecule has 0 fully saturated rings. The molecule has 0 aromatic rings. The summed E-state index contributed by atoms with van der Waals surface area (Å²) in [6.07, 6.45) is 63.6. The van der Waals surface area contributed by atoms with Crippen LogP contribution in [0.4, 0.5) is 0 Å². The highest BCUT2D eigenvalue weighted by Gasteiger charge is 2.27. The van der Waals surface area contributed by atoms with Crippen LogP contribution in [0.1, 0.15) is 284 Å². The third kappa shape index (κ3) is 52.8. The first-order valence-corrected chi connectivity index (χ1v) is 31.9. The highest BCUT2D eigenvalue weighted by molar-refractivity contribution is 7.45. The molecule has 10 heteroatoms. The van der Waals surface area contributed by atoms with E-state index in [1.807, 2.05) is 33.3 Å². The van der Waals surface area contributed by atoms with Gasteiger partial charge in [0.2, 0.25) is 5.91 Å². The molecular formula is C62H117N2O7P. The Morgan fingerprint density at radius 3 is 1.31 bits per heavy atom. The van der Waals surface area contributed by atoms with Gasteiger partial charge in [0.1, 0.15) is 19.3 Å². The molecule has 0 radical (unpaired) electrons. The number of quaternary nitrogens is 1. The highest BCUT2D eigenvalue weighted by atomic mass is 31.2. The van der Waals surface area contributed by atoms with Gasteiger partial charge in [-0.15, -0.1) is 0 Å². The van der Waals surface area contributed by atoms with Gasteiger partial charge >= 0.3 is 5.97 Å². The number of likely N-dealkylation sites (N-methyl/N-ethyl adjacent to an activating group) is 1. The predicted molar refractivity (Wildman–Crippen MR) is 307 cm³/mol. The van der Waals surface area contributed by atoms with Crippen LogP contribution in [0, 0.1) is 0 Å². The standard InChI is InChI=1S/C62H117N2O7P/c1-7-10-13-16-19-22-25-28-29-30-31-32-33-34-35-37-40-43-46-49-52-55-62(66)71-60(53-50-47-44-41-38-27-24-21-18-15-12-9-3)59(58-70-72(67,68)69-57-56-64(4,5)6)63-61(65)54-51-48-45-42-39-36-26-23-20-17-14-11-8-2/h19,22,28-29,36,39,50,53,59-60H,7-18,20-21,23-27,30-35,37-38,40-49,51-52,54-58H2,1-6H3,(H-,63,65,67,68)/b22-19-,29-28-,39-36-,53-50-. The maximum Gasteiger partial charge on any atom is 0.306 e. The maximum atomic E-state index is 13.5. The average molecular weight is 1030 g/mol. The van der Waals surface area contributed by atoms with Crippen LogP contribution >= 0.6 is 7.82 Å².